The largest absolute Gasteiger partial charge is 0.493 e. The van der Waals surface area contributed by atoms with Crippen molar-refractivity contribution in [2.45, 2.75) is 12.8 Å². The van der Waals surface area contributed by atoms with Crippen molar-refractivity contribution in [3.8, 4) is 28.5 Å². The Kier molecular flexibility index (Phi) is 6.17. The number of terminal acetylenes is 1. The Morgan fingerprint density at radius 2 is 1.81 bits per heavy atom. The van der Waals surface area contributed by atoms with Crippen LogP contribution in [0.25, 0.3) is 20.5 Å². The van der Waals surface area contributed by atoms with Crippen LogP contribution in [0, 0.1) is 33.7 Å². The first kappa shape index (κ1) is 23.5. The van der Waals surface area contributed by atoms with Crippen LogP contribution in [0.5, 0.6) is 5.75 Å². The van der Waals surface area contributed by atoms with Crippen LogP contribution < -0.4 is 4.74 Å². The predicted molar refractivity (Wildman–Crippen MR) is 135 cm³/mol. The van der Waals surface area contributed by atoms with Crippen LogP contribution in [0.2, 0.25) is 0 Å². The molecule has 4 aromatic rings. The van der Waals surface area contributed by atoms with Crippen molar-refractivity contribution in [2.24, 2.45) is 5.41 Å². The number of halogens is 1. The van der Waals surface area contributed by atoms with Gasteiger partial charge in [0.05, 0.1) is 6.61 Å². The Morgan fingerprint density at radius 3 is 2.44 bits per heavy atom. The standard InChI is InChI=1S/C28H20FNO5S/c1-2-18-3-5-19(6-4-18)26(31)25-23-12-11-22(34-16-28(13-14-28)17-35-30(32)33)15-24(23)36-27(25)20-7-9-21(29)10-8-20/h1,3-12,15H,13-14,16-17H2. The monoisotopic (exact) mass is 501 g/mol. The molecule has 36 heavy (non-hydrogen) atoms. The van der Waals surface area contributed by atoms with Gasteiger partial charge in [-0.3, -0.25) is 4.79 Å². The molecule has 0 atom stereocenters. The summed E-state index contributed by atoms with van der Waals surface area (Å²) in [5.74, 6) is 2.62. The van der Waals surface area contributed by atoms with E-state index in [1.54, 1.807) is 42.5 Å². The third-order valence-corrected chi connectivity index (χ3v) is 7.49. The molecule has 0 unspecified atom stereocenters. The van der Waals surface area contributed by atoms with Crippen molar-refractivity contribution < 1.29 is 23.8 Å². The number of fused-ring (bicyclic) bond motifs is 1. The first-order valence-electron chi connectivity index (χ1n) is 11.2. The third-order valence-electron chi connectivity index (χ3n) is 6.29. The van der Waals surface area contributed by atoms with Gasteiger partial charge >= 0.3 is 0 Å². The van der Waals surface area contributed by atoms with E-state index in [1.807, 2.05) is 12.1 Å². The molecule has 0 N–H and O–H groups in total. The maximum absolute atomic E-state index is 13.6. The molecule has 1 saturated carbocycles. The molecular weight excluding hydrogens is 481 g/mol. The number of thiophene rings is 1. The minimum atomic E-state index is -0.784. The van der Waals surface area contributed by atoms with Crippen LogP contribution >= 0.6 is 11.3 Å². The lowest BCUT2D eigenvalue weighted by atomic mass is 9.97. The molecule has 6 nitrogen and oxygen atoms in total. The molecule has 1 heterocycles. The summed E-state index contributed by atoms with van der Waals surface area (Å²) in [5, 5.41) is 10.5. The molecule has 0 radical (unpaired) electrons. The lowest BCUT2D eigenvalue weighted by Crippen LogP contribution is -2.21. The lowest BCUT2D eigenvalue weighted by molar-refractivity contribution is -0.760. The molecule has 1 fully saturated rings. The van der Waals surface area contributed by atoms with Gasteiger partial charge < -0.3 is 9.57 Å². The molecule has 1 aliphatic rings. The first-order chi connectivity index (χ1) is 17.4. The van der Waals surface area contributed by atoms with Crippen LogP contribution in [0.4, 0.5) is 4.39 Å². The van der Waals surface area contributed by atoms with Crippen molar-refractivity contribution in [2.75, 3.05) is 13.2 Å². The summed E-state index contributed by atoms with van der Waals surface area (Å²) in [6.07, 6.45) is 7.04. The number of hydrogen-bond donors (Lipinski definition) is 0. The summed E-state index contributed by atoms with van der Waals surface area (Å²) in [4.78, 5) is 29.5. The highest BCUT2D eigenvalue weighted by Crippen LogP contribution is 2.47. The highest BCUT2D eigenvalue weighted by molar-refractivity contribution is 7.22. The molecule has 0 aliphatic heterocycles. The van der Waals surface area contributed by atoms with Crippen molar-refractivity contribution in [1.82, 2.24) is 0 Å². The number of ether oxygens (including phenoxy) is 1. The SMILES string of the molecule is C#Cc1ccc(C(=O)c2c(-c3ccc(F)cc3)sc3cc(OCC4(CO[N+](=O)[O-])CC4)ccc23)cc1. The number of nitrogens with zero attached hydrogens (tertiary/aromatic N) is 1. The summed E-state index contributed by atoms with van der Waals surface area (Å²) in [6, 6.07) is 18.4. The van der Waals surface area contributed by atoms with Crippen LogP contribution in [-0.2, 0) is 4.84 Å². The Hall–Kier alpha value is -4.22. The van der Waals surface area contributed by atoms with Crippen molar-refractivity contribution in [3.05, 3.63) is 99.4 Å². The predicted octanol–water partition coefficient (Wildman–Crippen LogP) is 6.29. The second-order valence-corrected chi connectivity index (χ2v) is 9.86. The minimum Gasteiger partial charge on any atom is -0.493 e. The lowest BCUT2D eigenvalue weighted by Gasteiger charge is -2.15. The van der Waals surface area contributed by atoms with Gasteiger partial charge in [-0.2, -0.15) is 0 Å². The summed E-state index contributed by atoms with van der Waals surface area (Å²) < 4.78 is 20.4. The Balaban J connectivity index is 1.50. The first-order valence-corrected chi connectivity index (χ1v) is 12.0. The fourth-order valence-electron chi connectivity index (χ4n) is 3.99. The summed E-state index contributed by atoms with van der Waals surface area (Å²) in [6.45, 7) is 0.308. The molecule has 1 aliphatic carbocycles. The van der Waals surface area contributed by atoms with Gasteiger partial charge in [-0.05, 0) is 73.0 Å². The molecule has 0 amide bonds. The van der Waals surface area contributed by atoms with E-state index in [0.717, 1.165) is 33.4 Å². The molecule has 8 heteroatoms. The molecular formula is C28H20FNO5S. The number of benzene rings is 3. The highest BCUT2D eigenvalue weighted by atomic mass is 32.1. The van der Waals surface area contributed by atoms with Gasteiger partial charge in [0.1, 0.15) is 18.2 Å². The Morgan fingerprint density at radius 1 is 1.08 bits per heavy atom. The van der Waals surface area contributed by atoms with Gasteiger partial charge in [0.25, 0.3) is 5.09 Å². The molecule has 3 aromatic carbocycles. The smallest absolute Gasteiger partial charge is 0.294 e. The summed E-state index contributed by atoms with van der Waals surface area (Å²) >= 11 is 1.42. The van der Waals surface area contributed by atoms with Crippen molar-refractivity contribution in [1.29, 1.82) is 0 Å². The quantitative estimate of drug-likeness (QED) is 0.117. The maximum atomic E-state index is 13.6. The number of hydrogen-bond acceptors (Lipinski definition) is 6. The number of ketones is 1. The average Bonchev–Trinajstić information content (AvgIpc) is 3.57. The van der Waals surface area contributed by atoms with Gasteiger partial charge in [0, 0.05) is 37.1 Å². The van der Waals surface area contributed by atoms with Gasteiger partial charge in [-0.1, -0.05) is 18.1 Å². The molecule has 180 valence electrons. The zero-order valence-electron chi connectivity index (χ0n) is 19.0. The van der Waals surface area contributed by atoms with Gasteiger partial charge in [-0.15, -0.1) is 27.9 Å². The van der Waals surface area contributed by atoms with E-state index >= 15 is 0 Å². The fraction of sp³-hybridized carbons (Fsp3) is 0.179. The molecule has 0 bridgehead atoms. The van der Waals surface area contributed by atoms with E-state index < -0.39 is 5.09 Å². The minimum absolute atomic E-state index is 0.00702. The van der Waals surface area contributed by atoms with Crippen LogP contribution in [0.15, 0.2) is 66.7 Å². The van der Waals surface area contributed by atoms with Crippen LogP contribution in [0.1, 0.15) is 34.3 Å². The van der Waals surface area contributed by atoms with E-state index in [0.29, 0.717) is 29.0 Å². The van der Waals surface area contributed by atoms with Crippen LogP contribution in [-0.4, -0.2) is 24.1 Å². The fourth-order valence-corrected chi connectivity index (χ4v) is 5.23. The van der Waals surface area contributed by atoms with Crippen LogP contribution in [0.3, 0.4) is 0 Å². The Labute approximate surface area is 210 Å². The van der Waals surface area contributed by atoms with Crippen molar-refractivity contribution in [3.63, 3.8) is 0 Å². The number of carbonyl (C=O) groups excluding carboxylic acids is 1. The highest BCUT2D eigenvalue weighted by Gasteiger charge is 2.44. The van der Waals surface area contributed by atoms with Gasteiger partial charge in [0.15, 0.2) is 5.78 Å². The normalized spacial score (nSPS) is 13.7. The van der Waals surface area contributed by atoms with Crippen molar-refractivity contribution >= 4 is 27.2 Å². The molecule has 1 aromatic heterocycles. The summed E-state index contributed by atoms with van der Waals surface area (Å²) in [7, 11) is 0. The zero-order valence-corrected chi connectivity index (χ0v) is 19.8. The summed E-state index contributed by atoms with van der Waals surface area (Å²) in [5.41, 5.74) is 2.10. The topological polar surface area (TPSA) is 78.7 Å². The number of rotatable bonds is 9. The van der Waals surface area contributed by atoms with E-state index in [4.69, 9.17) is 11.2 Å². The van der Waals surface area contributed by atoms with E-state index in [1.165, 1.54) is 23.5 Å². The average molecular weight is 502 g/mol. The second kappa shape index (κ2) is 9.44. The Bertz CT molecular complexity index is 1500. The molecule has 5 rings (SSSR count). The van der Waals surface area contributed by atoms with E-state index in [2.05, 4.69) is 10.8 Å². The second-order valence-electron chi connectivity index (χ2n) is 8.81. The number of carbonyl (C=O) groups is 1. The zero-order chi connectivity index (χ0) is 25.3. The third kappa shape index (κ3) is 4.79. The van der Waals surface area contributed by atoms with E-state index in [-0.39, 0.29) is 23.6 Å². The van der Waals surface area contributed by atoms with E-state index in [9.17, 15) is 19.3 Å². The molecule has 0 spiro atoms. The van der Waals surface area contributed by atoms with Gasteiger partial charge in [0.2, 0.25) is 0 Å². The maximum Gasteiger partial charge on any atom is 0.294 e. The molecule has 0 saturated heterocycles. The van der Waals surface area contributed by atoms with Gasteiger partial charge in [-0.25, -0.2) is 4.39 Å².